The first-order valence-corrected chi connectivity index (χ1v) is 10.1. The second kappa shape index (κ2) is 8.95. The number of nitrogens with one attached hydrogen (secondary N) is 1. The summed E-state index contributed by atoms with van der Waals surface area (Å²) in [6.45, 7) is 4.01. The summed E-state index contributed by atoms with van der Waals surface area (Å²) >= 11 is 0. The molecule has 31 heavy (non-hydrogen) atoms. The number of rotatable bonds is 7. The van der Waals surface area contributed by atoms with Gasteiger partial charge >= 0.3 is 0 Å². The fourth-order valence-corrected chi connectivity index (χ4v) is 3.58. The van der Waals surface area contributed by atoms with Crippen LogP contribution in [0.2, 0.25) is 0 Å². The van der Waals surface area contributed by atoms with Crippen LogP contribution in [-0.2, 0) is 6.42 Å². The second-order valence-corrected chi connectivity index (χ2v) is 7.59. The van der Waals surface area contributed by atoms with Crippen LogP contribution in [0.5, 0.6) is 0 Å². The summed E-state index contributed by atoms with van der Waals surface area (Å²) in [6, 6.07) is 12.1. The maximum absolute atomic E-state index is 13.4. The first-order valence-electron chi connectivity index (χ1n) is 10.1. The Morgan fingerprint density at radius 1 is 1.06 bits per heavy atom. The average molecular weight is 414 g/mol. The van der Waals surface area contributed by atoms with Crippen molar-refractivity contribution < 1.29 is 4.39 Å². The van der Waals surface area contributed by atoms with Crippen molar-refractivity contribution >= 4 is 5.71 Å². The van der Waals surface area contributed by atoms with E-state index in [-0.39, 0.29) is 11.9 Å². The van der Waals surface area contributed by atoms with Gasteiger partial charge in [-0.05, 0) is 55.8 Å². The molecule has 7 heteroatoms. The quantitative estimate of drug-likeness (QED) is 0.429. The summed E-state index contributed by atoms with van der Waals surface area (Å²) in [7, 11) is 0. The Kier molecular flexibility index (Phi) is 5.93. The predicted molar refractivity (Wildman–Crippen MR) is 118 cm³/mol. The van der Waals surface area contributed by atoms with Gasteiger partial charge in [-0.2, -0.15) is 0 Å². The Balaban J connectivity index is 1.63. The number of imidazole rings is 1. The molecule has 0 saturated heterocycles. The average Bonchev–Trinajstić information content (AvgIpc) is 3.22. The van der Waals surface area contributed by atoms with Gasteiger partial charge in [0.05, 0.1) is 23.4 Å². The molecule has 3 heterocycles. The molecule has 0 fully saturated rings. The van der Waals surface area contributed by atoms with E-state index in [0.717, 1.165) is 33.9 Å². The lowest BCUT2D eigenvalue weighted by Gasteiger charge is -2.18. The molecule has 156 valence electrons. The Bertz CT molecular complexity index is 1170. The van der Waals surface area contributed by atoms with Crippen molar-refractivity contribution in [2.24, 2.45) is 0 Å². The normalized spacial score (nSPS) is 12.0. The van der Waals surface area contributed by atoms with E-state index >= 15 is 0 Å². The van der Waals surface area contributed by atoms with E-state index in [4.69, 9.17) is 5.41 Å². The van der Waals surface area contributed by atoms with Crippen LogP contribution in [0.3, 0.4) is 0 Å². The van der Waals surface area contributed by atoms with Crippen molar-refractivity contribution in [3.05, 3.63) is 84.6 Å². The van der Waals surface area contributed by atoms with Crippen LogP contribution >= 0.6 is 0 Å². The highest BCUT2D eigenvalue weighted by Gasteiger charge is 2.20. The highest BCUT2D eigenvalue weighted by atomic mass is 19.1. The standard InChI is InChI=1S/C24H23FN6/c1-16-3-4-18(13-28-16)12-21(26)11-17(2)31-15-30-23(19-5-7-20(25)8-6-19)24(31)22-9-10-27-14-29-22/h3-10,13-15,17,26H,11-12H2,1-2H3. The Morgan fingerprint density at radius 3 is 2.55 bits per heavy atom. The lowest BCUT2D eigenvalue weighted by molar-refractivity contribution is 0.568. The molecular weight excluding hydrogens is 391 g/mol. The van der Waals surface area contributed by atoms with Gasteiger partial charge in [0.15, 0.2) is 0 Å². The third kappa shape index (κ3) is 4.71. The summed E-state index contributed by atoms with van der Waals surface area (Å²) in [5.74, 6) is -0.292. The minimum absolute atomic E-state index is 0.0161. The molecular formula is C24H23FN6. The maximum Gasteiger partial charge on any atom is 0.123 e. The van der Waals surface area contributed by atoms with E-state index < -0.39 is 0 Å². The van der Waals surface area contributed by atoms with Gasteiger partial charge < -0.3 is 9.98 Å². The van der Waals surface area contributed by atoms with Crippen LogP contribution in [-0.4, -0.2) is 30.2 Å². The number of halogens is 1. The van der Waals surface area contributed by atoms with Gasteiger partial charge in [0.1, 0.15) is 12.1 Å². The molecule has 3 aromatic heterocycles. The number of aromatic nitrogens is 5. The molecule has 0 radical (unpaired) electrons. The molecule has 0 aliphatic heterocycles. The molecule has 0 aliphatic carbocycles. The molecule has 0 amide bonds. The SMILES string of the molecule is Cc1ccc(CC(=N)CC(C)n2cnc(-c3ccc(F)cc3)c2-c2ccncn2)cn1. The van der Waals surface area contributed by atoms with E-state index in [1.807, 2.05) is 35.9 Å². The van der Waals surface area contributed by atoms with Crippen LogP contribution in [0.4, 0.5) is 4.39 Å². The third-order valence-corrected chi connectivity index (χ3v) is 5.14. The van der Waals surface area contributed by atoms with Gasteiger partial charge in [0.2, 0.25) is 0 Å². The summed E-state index contributed by atoms with van der Waals surface area (Å²) < 4.78 is 15.5. The molecule has 4 rings (SSSR count). The zero-order chi connectivity index (χ0) is 21.8. The molecule has 6 nitrogen and oxygen atoms in total. The molecule has 0 saturated carbocycles. The van der Waals surface area contributed by atoms with Crippen molar-refractivity contribution in [1.82, 2.24) is 24.5 Å². The highest BCUT2D eigenvalue weighted by Crippen LogP contribution is 2.33. The first kappa shape index (κ1) is 20.5. The lowest BCUT2D eigenvalue weighted by Crippen LogP contribution is -2.13. The number of pyridine rings is 1. The molecule has 0 spiro atoms. The second-order valence-electron chi connectivity index (χ2n) is 7.59. The van der Waals surface area contributed by atoms with E-state index in [2.05, 4.69) is 26.9 Å². The third-order valence-electron chi connectivity index (χ3n) is 5.14. The molecule has 1 N–H and O–H groups in total. The summed E-state index contributed by atoms with van der Waals surface area (Å²) in [6.07, 6.45) is 7.89. The van der Waals surface area contributed by atoms with Crippen molar-refractivity contribution in [2.75, 3.05) is 0 Å². The minimum Gasteiger partial charge on any atom is -0.326 e. The summed E-state index contributed by atoms with van der Waals surface area (Å²) in [4.78, 5) is 17.4. The molecule has 4 aromatic rings. The Labute approximate surface area is 180 Å². The van der Waals surface area contributed by atoms with Crippen LogP contribution in [0.15, 0.2) is 67.5 Å². The van der Waals surface area contributed by atoms with Crippen LogP contribution in [0.25, 0.3) is 22.6 Å². The number of hydrogen-bond donors (Lipinski definition) is 1. The smallest absolute Gasteiger partial charge is 0.123 e. The summed E-state index contributed by atoms with van der Waals surface area (Å²) in [5.41, 5.74) is 5.69. The molecule has 1 aromatic carbocycles. The van der Waals surface area contributed by atoms with Crippen molar-refractivity contribution in [3.63, 3.8) is 0 Å². The zero-order valence-electron chi connectivity index (χ0n) is 17.5. The number of aryl methyl sites for hydroxylation is 1. The topological polar surface area (TPSA) is 80.3 Å². The summed E-state index contributed by atoms with van der Waals surface area (Å²) in [5, 5.41) is 8.50. The number of hydrogen-bond acceptors (Lipinski definition) is 5. The maximum atomic E-state index is 13.4. The minimum atomic E-state index is -0.292. The molecule has 1 atom stereocenters. The van der Waals surface area contributed by atoms with Gasteiger partial charge in [0.25, 0.3) is 0 Å². The predicted octanol–water partition coefficient (Wildman–Crippen LogP) is 5.06. The zero-order valence-corrected chi connectivity index (χ0v) is 17.5. The molecule has 1 unspecified atom stereocenters. The van der Waals surface area contributed by atoms with Gasteiger partial charge in [0, 0.05) is 48.2 Å². The monoisotopic (exact) mass is 414 g/mol. The number of nitrogens with zero attached hydrogens (tertiary/aromatic N) is 5. The first-order chi connectivity index (χ1) is 15.0. The Morgan fingerprint density at radius 2 is 1.87 bits per heavy atom. The van der Waals surface area contributed by atoms with Gasteiger partial charge in [-0.25, -0.2) is 19.3 Å². The van der Waals surface area contributed by atoms with E-state index in [0.29, 0.717) is 18.6 Å². The van der Waals surface area contributed by atoms with Crippen LogP contribution in [0.1, 0.15) is 30.6 Å². The van der Waals surface area contributed by atoms with Crippen LogP contribution in [0, 0.1) is 18.2 Å². The van der Waals surface area contributed by atoms with Gasteiger partial charge in [-0.3, -0.25) is 4.98 Å². The molecule has 0 aliphatic rings. The van der Waals surface area contributed by atoms with Crippen LogP contribution < -0.4 is 0 Å². The fraction of sp³-hybridized carbons (Fsp3) is 0.208. The molecule has 0 bridgehead atoms. The highest BCUT2D eigenvalue weighted by molar-refractivity contribution is 5.84. The van der Waals surface area contributed by atoms with Crippen molar-refractivity contribution in [2.45, 2.75) is 32.7 Å². The van der Waals surface area contributed by atoms with E-state index in [9.17, 15) is 4.39 Å². The van der Waals surface area contributed by atoms with Gasteiger partial charge in [-0.15, -0.1) is 0 Å². The lowest BCUT2D eigenvalue weighted by atomic mass is 10.0. The van der Waals surface area contributed by atoms with Crippen molar-refractivity contribution in [3.8, 4) is 22.6 Å². The Hall–Kier alpha value is -3.74. The van der Waals surface area contributed by atoms with Crippen molar-refractivity contribution in [1.29, 1.82) is 5.41 Å². The van der Waals surface area contributed by atoms with E-state index in [1.165, 1.54) is 18.5 Å². The van der Waals surface area contributed by atoms with Gasteiger partial charge in [-0.1, -0.05) is 6.07 Å². The largest absolute Gasteiger partial charge is 0.326 e. The van der Waals surface area contributed by atoms with E-state index in [1.54, 1.807) is 24.7 Å². The number of benzene rings is 1. The fourth-order valence-electron chi connectivity index (χ4n) is 3.58.